The van der Waals surface area contributed by atoms with Crippen LogP contribution in [-0.4, -0.2) is 5.91 Å². The molecule has 1 saturated carbocycles. The lowest BCUT2D eigenvalue weighted by molar-refractivity contribution is -0.120. The van der Waals surface area contributed by atoms with Crippen molar-refractivity contribution >= 4 is 17.2 Å². The van der Waals surface area contributed by atoms with Crippen molar-refractivity contribution in [2.24, 2.45) is 5.92 Å². The van der Waals surface area contributed by atoms with Gasteiger partial charge in [0.15, 0.2) is 0 Å². The van der Waals surface area contributed by atoms with Crippen LogP contribution in [0, 0.1) is 5.92 Å². The summed E-state index contributed by atoms with van der Waals surface area (Å²) < 4.78 is 0. The van der Waals surface area contributed by atoms with Crippen molar-refractivity contribution in [1.29, 1.82) is 0 Å². The molecule has 2 aliphatic carbocycles. The van der Waals surface area contributed by atoms with E-state index in [2.05, 4.69) is 37.4 Å². The van der Waals surface area contributed by atoms with Crippen LogP contribution in [0.3, 0.4) is 0 Å². The lowest BCUT2D eigenvalue weighted by atomic mass is 9.88. The van der Waals surface area contributed by atoms with Gasteiger partial charge in [-0.05, 0) is 50.3 Å². The summed E-state index contributed by atoms with van der Waals surface area (Å²) in [5.41, 5.74) is 6.19. The van der Waals surface area contributed by atoms with E-state index in [9.17, 15) is 4.79 Å². The Kier molecular flexibility index (Phi) is 4.47. The monoisotopic (exact) mass is 295 g/mol. The molecule has 0 unspecified atom stereocenters. The molecule has 1 fully saturated rings. The summed E-state index contributed by atoms with van der Waals surface area (Å²) in [6.07, 6.45) is 8.96. The minimum atomic E-state index is 0.195. The first-order valence-corrected chi connectivity index (χ1v) is 8.44. The van der Waals surface area contributed by atoms with Crippen LogP contribution < -0.4 is 5.32 Å². The van der Waals surface area contributed by atoms with Crippen molar-refractivity contribution < 1.29 is 4.79 Å². The van der Waals surface area contributed by atoms with Crippen molar-refractivity contribution in [3.05, 3.63) is 47.1 Å². The van der Waals surface area contributed by atoms with Gasteiger partial charge >= 0.3 is 0 Å². The summed E-state index contributed by atoms with van der Waals surface area (Å²) in [5, 5.41) is 3.20. The van der Waals surface area contributed by atoms with E-state index in [1.165, 1.54) is 41.5 Å². The summed E-state index contributed by atoms with van der Waals surface area (Å²) in [4.78, 5) is 12.5. The second kappa shape index (κ2) is 6.51. The Morgan fingerprint density at radius 3 is 2.50 bits per heavy atom. The Bertz CT molecular complexity index is 633. The third-order valence-corrected chi connectivity index (χ3v) is 5.14. The molecule has 1 aromatic rings. The minimum absolute atomic E-state index is 0.195. The first-order valence-electron chi connectivity index (χ1n) is 8.44. The van der Waals surface area contributed by atoms with E-state index in [1.807, 2.05) is 12.1 Å². The van der Waals surface area contributed by atoms with Gasteiger partial charge in [-0.1, -0.05) is 49.1 Å². The molecule has 1 aromatic carbocycles. The third-order valence-electron chi connectivity index (χ3n) is 5.14. The van der Waals surface area contributed by atoms with Gasteiger partial charge in [-0.15, -0.1) is 0 Å². The molecule has 1 amide bonds. The third kappa shape index (κ3) is 3.01. The number of hydrogen-bond donors (Lipinski definition) is 1. The summed E-state index contributed by atoms with van der Waals surface area (Å²) in [6.45, 7) is 4.33. The van der Waals surface area contributed by atoms with Gasteiger partial charge in [0.25, 0.3) is 0 Å². The van der Waals surface area contributed by atoms with Crippen molar-refractivity contribution in [2.45, 2.75) is 52.4 Å². The molecule has 22 heavy (non-hydrogen) atoms. The number of para-hydroxylation sites is 1. The van der Waals surface area contributed by atoms with E-state index < -0.39 is 0 Å². The number of rotatable bonds is 3. The van der Waals surface area contributed by atoms with Crippen LogP contribution in [0.5, 0.6) is 0 Å². The number of nitrogens with one attached hydrogen (secondary N) is 1. The van der Waals surface area contributed by atoms with Gasteiger partial charge in [0.05, 0.1) is 0 Å². The zero-order chi connectivity index (χ0) is 15.5. The Hall–Kier alpha value is -1.83. The number of anilines is 1. The molecule has 3 rings (SSSR count). The van der Waals surface area contributed by atoms with E-state index in [4.69, 9.17) is 0 Å². The first kappa shape index (κ1) is 15.1. The summed E-state index contributed by atoms with van der Waals surface area (Å²) >= 11 is 0. The lowest BCUT2D eigenvalue weighted by Gasteiger charge is -2.22. The predicted octanol–water partition coefficient (Wildman–Crippen LogP) is 5.33. The fourth-order valence-electron chi connectivity index (χ4n) is 3.57. The second-order valence-electron chi connectivity index (χ2n) is 6.56. The quantitative estimate of drug-likeness (QED) is 0.802. The zero-order valence-electron chi connectivity index (χ0n) is 13.6. The molecule has 116 valence electrons. The summed E-state index contributed by atoms with van der Waals surface area (Å²) in [6, 6.07) is 8.22. The maximum atomic E-state index is 12.5. The van der Waals surface area contributed by atoms with E-state index in [-0.39, 0.29) is 11.8 Å². The van der Waals surface area contributed by atoms with Crippen LogP contribution in [0.1, 0.15) is 57.9 Å². The van der Waals surface area contributed by atoms with Crippen LogP contribution in [-0.2, 0) is 4.79 Å². The number of amides is 1. The number of hydrogen-bond acceptors (Lipinski definition) is 1. The normalized spacial score (nSPS) is 19.3. The highest BCUT2D eigenvalue weighted by Gasteiger charge is 2.22. The molecular weight excluding hydrogens is 270 g/mol. The predicted molar refractivity (Wildman–Crippen MR) is 92.6 cm³/mol. The van der Waals surface area contributed by atoms with Crippen LogP contribution in [0.25, 0.3) is 5.57 Å². The van der Waals surface area contributed by atoms with Crippen molar-refractivity contribution in [2.75, 3.05) is 5.32 Å². The van der Waals surface area contributed by atoms with Crippen LogP contribution in [0.2, 0.25) is 0 Å². The first-order chi connectivity index (χ1) is 10.7. The average molecular weight is 295 g/mol. The summed E-state index contributed by atoms with van der Waals surface area (Å²) in [5.74, 6) is 0.397. The molecule has 0 aromatic heterocycles. The Labute approximate surface area is 133 Å². The van der Waals surface area contributed by atoms with Crippen molar-refractivity contribution in [3.8, 4) is 0 Å². The van der Waals surface area contributed by atoms with Crippen LogP contribution in [0.4, 0.5) is 5.69 Å². The molecule has 0 atom stereocenters. The molecule has 1 N–H and O–H groups in total. The van der Waals surface area contributed by atoms with Gasteiger partial charge in [0.1, 0.15) is 0 Å². The Morgan fingerprint density at radius 1 is 1.09 bits per heavy atom. The minimum Gasteiger partial charge on any atom is -0.325 e. The number of benzene rings is 1. The summed E-state index contributed by atoms with van der Waals surface area (Å²) in [7, 11) is 0. The van der Waals surface area contributed by atoms with E-state index in [0.717, 1.165) is 24.9 Å². The smallest absolute Gasteiger partial charge is 0.227 e. The fraction of sp³-hybridized carbons (Fsp3) is 0.450. The van der Waals surface area contributed by atoms with E-state index in [0.29, 0.717) is 0 Å². The molecule has 0 bridgehead atoms. The number of allylic oxidation sites excluding steroid dienone is 4. The number of carbonyl (C=O) groups is 1. The lowest BCUT2D eigenvalue weighted by Crippen LogP contribution is -2.25. The zero-order valence-corrected chi connectivity index (χ0v) is 13.6. The molecule has 0 aliphatic heterocycles. The van der Waals surface area contributed by atoms with Gasteiger partial charge in [-0.25, -0.2) is 0 Å². The van der Waals surface area contributed by atoms with Gasteiger partial charge in [-0.2, -0.15) is 0 Å². The highest BCUT2D eigenvalue weighted by Crippen LogP contribution is 2.37. The molecule has 0 radical (unpaired) electrons. The molecule has 2 heteroatoms. The Balaban J connectivity index is 1.82. The highest BCUT2D eigenvalue weighted by molar-refractivity contribution is 5.96. The van der Waals surface area contributed by atoms with Crippen LogP contribution in [0.15, 0.2) is 41.5 Å². The topological polar surface area (TPSA) is 29.1 Å². The second-order valence-corrected chi connectivity index (χ2v) is 6.56. The standard InChI is InChI=1S/C20H25NO/c1-14-12-13-17(15(14)2)18-10-6-7-11-19(18)21-20(22)16-8-4-3-5-9-16/h6-7,10-12,16H,3-5,8-9,13H2,1-2H3,(H,21,22). The molecule has 0 saturated heterocycles. The van der Waals surface area contributed by atoms with Gasteiger partial charge < -0.3 is 5.32 Å². The maximum Gasteiger partial charge on any atom is 0.227 e. The SMILES string of the molecule is CC1=CCC(c2ccccc2NC(=O)C2CCCCC2)=C1C. The van der Waals surface area contributed by atoms with E-state index in [1.54, 1.807) is 0 Å². The largest absolute Gasteiger partial charge is 0.325 e. The van der Waals surface area contributed by atoms with Gasteiger partial charge in [0.2, 0.25) is 5.91 Å². The van der Waals surface area contributed by atoms with Crippen molar-refractivity contribution in [3.63, 3.8) is 0 Å². The van der Waals surface area contributed by atoms with Gasteiger partial charge in [-0.3, -0.25) is 4.79 Å². The molecule has 2 nitrogen and oxygen atoms in total. The van der Waals surface area contributed by atoms with Gasteiger partial charge in [0, 0.05) is 17.2 Å². The molecule has 2 aliphatic rings. The molecular formula is C20H25NO. The number of carbonyl (C=O) groups excluding carboxylic acids is 1. The Morgan fingerprint density at radius 2 is 1.82 bits per heavy atom. The van der Waals surface area contributed by atoms with Crippen LogP contribution >= 0.6 is 0 Å². The molecule has 0 spiro atoms. The highest BCUT2D eigenvalue weighted by atomic mass is 16.1. The molecule has 0 heterocycles. The average Bonchev–Trinajstić information content (AvgIpc) is 2.88. The fourth-order valence-corrected chi connectivity index (χ4v) is 3.57. The van der Waals surface area contributed by atoms with Crippen molar-refractivity contribution in [1.82, 2.24) is 0 Å². The van der Waals surface area contributed by atoms with E-state index >= 15 is 0 Å². The maximum absolute atomic E-state index is 12.5.